The van der Waals surface area contributed by atoms with Gasteiger partial charge in [0.15, 0.2) is 0 Å². The Morgan fingerprint density at radius 2 is 2.00 bits per heavy atom. The molecule has 1 atom stereocenters. The van der Waals surface area contributed by atoms with Crippen molar-refractivity contribution in [1.29, 1.82) is 0 Å². The number of carbonyl (C=O) groups is 2. The Kier molecular flexibility index (Phi) is 6.37. The maximum absolute atomic E-state index is 12.9. The molecular formula is C19H28N2O3. The number of carbonyl (C=O) groups excluding carboxylic acids is 2. The first-order valence-electron chi connectivity index (χ1n) is 8.67. The van der Waals surface area contributed by atoms with Crippen LogP contribution in [0.1, 0.15) is 51.1 Å². The van der Waals surface area contributed by atoms with Gasteiger partial charge in [-0.15, -0.1) is 0 Å². The summed E-state index contributed by atoms with van der Waals surface area (Å²) in [5.41, 5.74) is 0.655. The second kappa shape index (κ2) is 8.29. The van der Waals surface area contributed by atoms with Crippen molar-refractivity contribution in [2.75, 3.05) is 19.7 Å². The lowest BCUT2D eigenvalue weighted by molar-refractivity contribution is -0.142. The van der Waals surface area contributed by atoms with E-state index in [2.05, 4.69) is 5.32 Å². The van der Waals surface area contributed by atoms with E-state index in [9.17, 15) is 9.59 Å². The molecule has 24 heavy (non-hydrogen) atoms. The van der Waals surface area contributed by atoms with E-state index in [1.54, 1.807) is 4.90 Å². The maximum atomic E-state index is 12.9. The minimum atomic E-state index is -0.580. The molecule has 0 aromatic heterocycles. The minimum Gasteiger partial charge on any atom is -0.396 e. The number of piperidine rings is 1. The van der Waals surface area contributed by atoms with E-state index in [0.717, 1.165) is 18.4 Å². The van der Waals surface area contributed by atoms with Crippen LogP contribution in [0.3, 0.4) is 0 Å². The number of rotatable bonds is 7. The van der Waals surface area contributed by atoms with Gasteiger partial charge in [0.05, 0.1) is 0 Å². The van der Waals surface area contributed by atoms with E-state index >= 15 is 0 Å². The second-order valence-electron chi connectivity index (χ2n) is 7.21. The number of benzene rings is 1. The number of nitrogens with one attached hydrogen (secondary N) is 1. The SMILES string of the molecule is CC(C)(CCO)CNC(=O)C(c1ccccc1)N1CCCCC1=O. The van der Waals surface area contributed by atoms with Crippen molar-refractivity contribution in [2.45, 2.75) is 45.6 Å². The molecule has 0 aliphatic carbocycles. The molecule has 2 rings (SSSR count). The predicted molar refractivity (Wildman–Crippen MR) is 93.2 cm³/mol. The number of aliphatic hydroxyl groups excluding tert-OH is 1. The summed E-state index contributed by atoms with van der Waals surface area (Å²) in [4.78, 5) is 26.9. The first-order valence-corrected chi connectivity index (χ1v) is 8.67. The van der Waals surface area contributed by atoms with Crippen LogP contribution in [0.4, 0.5) is 0 Å². The van der Waals surface area contributed by atoms with Crippen LogP contribution in [0.2, 0.25) is 0 Å². The molecule has 1 unspecified atom stereocenters. The molecule has 1 aliphatic rings. The van der Waals surface area contributed by atoms with Crippen LogP contribution in [0.5, 0.6) is 0 Å². The van der Waals surface area contributed by atoms with Crippen molar-refractivity contribution in [1.82, 2.24) is 10.2 Å². The number of aliphatic hydroxyl groups is 1. The van der Waals surface area contributed by atoms with Crippen molar-refractivity contribution in [3.63, 3.8) is 0 Å². The summed E-state index contributed by atoms with van der Waals surface area (Å²) in [6, 6.07) is 8.89. The van der Waals surface area contributed by atoms with Gasteiger partial charge in [0.1, 0.15) is 6.04 Å². The third-order valence-electron chi connectivity index (χ3n) is 4.57. The summed E-state index contributed by atoms with van der Waals surface area (Å²) in [5.74, 6) is -0.109. The van der Waals surface area contributed by atoms with E-state index in [0.29, 0.717) is 25.9 Å². The summed E-state index contributed by atoms with van der Waals surface area (Å²) in [6.45, 7) is 5.19. The molecule has 0 saturated carbocycles. The third kappa shape index (κ3) is 4.81. The van der Waals surface area contributed by atoms with Crippen LogP contribution in [0, 0.1) is 5.41 Å². The zero-order valence-electron chi connectivity index (χ0n) is 14.6. The molecule has 0 spiro atoms. The van der Waals surface area contributed by atoms with Gasteiger partial charge in [0, 0.05) is 26.1 Å². The van der Waals surface area contributed by atoms with Crippen LogP contribution >= 0.6 is 0 Å². The number of likely N-dealkylation sites (tertiary alicyclic amines) is 1. The molecule has 1 saturated heterocycles. The average Bonchev–Trinajstić information content (AvgIpc) is 2.56. The topological polar surface area (TPSA) is 69.6 Å². The van der Waals surface area contributed by atoms with Gasteiger partial charge in [-0.2, -0.15) is 0 Å². The Labute approximate surface area is 144 Å². The van der Waals surface area contributed by atoms with Crippen LogP contribution in [-0.2, 0) is 9.59 Å². The fourth-order valence-electron chi connectivity index (χ4n) is 3.02. The summed E-state index contributed by atoms with van der Waals surface area (Å²) in [5, 5.41) is 12.1. The number of nitrogens with zero attached hydrogens (tertiary/aromatic N) is 1. The molecular weight excluding hydrogens is 304 g/mol. The molecule has 1 aromatic rings. The Morgan fingerprint density at radius 3 is 2.62 bits per heavy atom. The molecule has 0 radical (unpaired) electrons. The zero-order valence-corrected chi connectivity index (χ0v) is 14.6. The summed E-state index contributed by atoms with van der Waals surface area (Å²) in [6.07, 6.45) is 2.94. The lowest BCUT2D eigenvalue weighted by Gasteiger charge is -2.35. The van der Waals surface area contributed by atoms with Crippen LogP contribution in [-0.4, -0.2) is 41.5 Å². The molecule has 132 valence electrons. The lowest BCUT2D eigenvalue weighted by atomic mass is 9.89. The van der Waals surface area contributed by atoms with Crippen molar-refractivity contribution in [3.8, 4) is 0 Å². The monoisotopic (exact) mass is 332 g/mol. The van der Waals surface area contributed by atoms with E-state index in [4.69, 9.17) is 5.11 Å². The standard InChI is InChI=1S/C19H28N2O3/c1-19(2,11-13-22)14-20-18(24)17(15-8-4-3-5-9-15)21-12-7-6-10-16(21)23/h3-5,8-9,17,22H,6-7,10-14H2,1-2H3,(H,20,24). The quantitative estimate of drug-likeness (QED) is 0.805. The Balaban J connectivity index is 2.16. The van der Waals surface area contributed by atoms with Crippen LogP contribution in [0.25, 0.3) is 0 Å². The Bertz CT molecular complexity index is 557. The smallest absolute Gasteiger partial charge is 0.247 e. The van der Waals surface area contributed by atoms with E-state index in [1.165, 1.54) is 0 Å². The normalized spacial score (nSPS) is 16.8. The van der Waals surface area contributed by atoms with Gasteiger partial charge in [0.25, 0.3) is 0 Å². The molecule has 2 amide bonds. The average molecular weight is 332 g/mol. The van der Waals surface area contributed by atoms with Gasteiger partial charge in [-0.1, -0.05) is 44.2 Å². The summed E-state index contributed by atoms with van der Waals surface area (Å²) < 4.78 is 0. The van der Waals surface area contributed by atoms with Gasteiger partial charge in [-0.3, -0.25) is 9.59 Å². The van der Waals surface area contributed by atoms with E-state index < -0.39 is 6.04 Å². The van der Waals surface area contributed by atoms with Crippen LogP contribution in [0.15, 0.2) is 30.3 Å². The largest absolute Gasteiger partial charge is 0.396 e. The molecule has 1 aliphatic heterocycles. The van der Waals surface area contributed by atoms with E-state index in [-0.39, 0.29) is 23.8 Å². The highest BCUT2D eigenvalue weighted by molar-refractivity contribution is 5.89. The fraction of sp³-hybridized carbons (Fsp3) is 0.579. The first kappa shape index (κ1) is 18.5. The molecule has 2 N–H and O–H groups in total. The Hall–Kier alpha value is -1.88. The Morgan fingerprint density at radius 1 is 1.29 bits per heavy atom. The summed E-state index contributed by atoms with van der Waals surface area (Å²) >= 11 is 0. The van der Waals surface area contributed by atoms with Gasteiger partial charge in [0.2, 0.25) is 11.8 Å². The van der Waals surface area contributed by atoms with Crippen LogP contribution < -0.4 is 5.32 Å². The highest BCUT2D eigenvalue weighted by Gasteiger charge is 2.33. The van der Waals surface area contributed by atoms with E-state index in [1.807, 2.05) is 44.2 Å². The van der Waals surface area contributed by atoms with Gasteiger partial charge < -0.3 is 15.3 Å². The first-order chi connectivity index (χ1) is 11.4. The third-order valence-corrected chi connectivity index (χ3v) is 4.57. The highest BCUT2D eigenvalue weighted by Crippen LogP contribution is 2.26. The molecule has 0 bridgehead atoms. The summed E-state index contributed by atoms with van der Waals surface area (Å²) in [7, 11) is 0. The zero-order chi connectivity index (χ0) is 17.6. The number of hydrogen-bond acceptors (Lipinski definition) is 3. The van der Waals surface area contributed by atoms with Crippen molar-refractivity contribution < 1.29 is 14.7 Å². The highest BCUT2D eigenvalue weighted by atomic mass is 16.3. The number of amides is 2. The minimum absolute atomic E-state index is 0.0415. The number of hydrogen-bond donors (Lipinski definition) is 2. The van der Waals surface area contributed by atoms with Gasteiger partial charge in [-0.25, -0.2) is 0 Å². The molecule has 1 aromatic carbocycles. The molecule has 1 fully saturated rings. The predicted octanol–water partition coefficient (Wildman–Crippen LogP) is 2.27. The molecule has 1 heterocycles. The maximum Gasteiger partial charge on any atom is 0.247 e. The van der Waals surface area contributed by atoms with Crippen molar-refractivity contribution in [3.05, 3.63) is 35.9 Å². The van der Waals surface area contributed by atoms with Crippen molar-refractivity contribution >= 4 is 11.8 Å². The second-order valence-corrected chi connectivity index (χ2v) is 7.21. The fourth-order valence-corrected chi connectivity index (χ4v) is 3.02. The molecule has 5 nitrogen and oxygen atoms in total. The lowest BCUT2D eigenvalue weighted by Crippen LogP contribution is -2.47. The van der Waals surface area contributed by atoms with Gasteiger partial charge in [-0.05, 0) is 30.2 Å². The van der Waals surface area contributed by atoms with Crippen molar-refractivity contribution in [2.24, 2.45) is 5.41 Å². The molecule has 5 heteroatoms. The van der Waals surface area contributed by atoms with Gasteiger partial charge >= 0.3 is 0 Å².